The minimum Gasteiger partial charge on any atom is -0.481 e. The zero-order valence-corrected chi connectivity index (χ0v) is 15.2. The molecule has 0 aromatic carbocycles. The summed E-state index contributed by atoms with van der Waals surface area (Å²) in [5.74, 6) is -0.684. The molecule has 2 atom stereocenters. The van der Waals surface area contributed by atoms with E-state index in [-0.39, 0.29) is 34.6 Å². The molecule has 1 heterocycles. The van der Waals surface area contributed by atoms with Crippen molar-refractivity contribution >= 4 is 34.9 Å². The first-order valence-electron chi connectivity index (χ1n) is 6.98. The molecular formula is C15H21BrN2O5. The van der Waals surface area contributed by atoms with Crippen molar-refractivity contribution in [2.75, 3.05) is 12.4 Å². The van der Waals surface area contributed by atoms with E-state index in [4.69, 9.17) is 14.6 Å². The van der Waals surface area contributed by atoms with Gasteiger partial charge in [0, 0.05) is 6.07 Å². The maximum absolute atomic E-state index is 11.8. The van der Waals surface area contributed by atoms with Gasteiger partial charge in [0.05, 0.1) is 13.0 Å². The number of methoxy groups -OCH3 is 1. The topological polar surface area (TPSA) is 97.8 Å². The minimum absolute atomic E-state index is 0. The number of nitrogens with zero attached hydrogens (tertiary/aromatic N) is 1. The van der Waals surface area contributed by atoms with Gasteiger partial charge in [-0.25, -0.2) is 4.79 Å². The summed E-state index contributed by atoms with van der Waals surface area (Å²) < 4.78 is 10.3. The maximum atomic E-state index is 11.8. The molecule has 0 unspecified atom stereocenters. The monoisotopic (exact) mass is 388 g/mol. The molecule has 1 fully saturated rings. The average Bonchev–Trinajstić information content (AvgIpc) is 3.16. The Balaban J connectivity index is 0.00000264. The first kappa shape index (κ1) is 19.2. The predicted octanol–water partition coefficient (Wildman–Crippen LogP) is 3.20. The molecule has 7 nitrogen and oxygen atoms in total. The molecular weight excluding hydrogens is 368 g/mol. The van der Waals surface area contributed by atoms with Crippen LogP contribution in [-0.4, -0.2) is 34.9 Å². The first-order chi connectivity index (χ1) is 10.2. The summed E-state index contributed by atoms with van der Waals surface area (Å²) in [5.41, 5.74) is 0.168. The Morgan fingerprint density at radius 2 is 2.00 bits per heavy atom. The van der Waals surface area contributed by atoms with E-state index in [0.29, 0.717) is 12.3 Å². The van der Waals surface area contributed by atoms with Crippen LogP contribution in [0.2, 0.25) is 0 Å². The van der Waals surface area contributed by atoms with Crippen LogP contribution in [0, 0.1) is 5.92 Å². The van der Waals surface area contributed by atoms with Gasteiger partial charge in [0.25, 0.3) is 0 Å². The largest absolute Gasteiger partial charge is 0.481 e. The molecule has 1 aromatic rings. The highest BCUT2D eigenvalue weighted by molar-refractivity contribution is 8.93. The summed E-state index contributed by atoms with van der Waals surface area (Å²) in [6.45, 7) is 5.29. The molecule has 1 saturated carbocycles. The fourth-order valence-corrected chi connectivity index (χ4v) is 2.15. The van der Waals surface area contributed by atoms with Crippen molar-refractivity contribution in [2.24, 2.45) is 5.92 Å². The van der Waals surface area contributed by atoms with Crippen LogP contribution in [0.3, 0.4) is 0 Å². The number of carboxylic acid groups (broad SMARTS) is 1. The van der Waals surface area contributed by atoms with E-state index in [9.17, 15) is 9.59 Å². The second kappa shape index (κ2) is 7.16. The number of carbonyl (C=O) groups excluding carboxylic acids is 1. The highest BCUT2D eigenvalue weighted by atomic mass is 79.9. The van der Waals surface area contributed by atoms with E-state index in [2.05, 4.69) is 10.3 Å². The molecule has 8 heteroatoms. The van der Waals surface area contributed by atoms with Crippen LogP contribution in [0.5, 0.6) is 5.88 Å². The number of ether oxygens (including phenoxy) is 2. The lowest BCUT2D eigenvalue weighted by Gasteiger charge is -2.19. The van der Waals surface area contributed by atoms with Gasteiger partial charge in [0.15, 0.2) is 0 Å². The van der Waals surface area contributed by atoms with E-state index >= 15 is 0 Å². The van der Waals surface area contributed by atoms with Gasteiger partial charge in [0.1, 0.15) is 11.4 Å². The van der Waals surface area contributed by atoms with E-state index in [1.54, 1.807) is 32.9 Å². The second-order valence-corrected chi connectivity index (χ2v) is 6.24. The Labute approximate surface area is 145 Å². The number of amides is 1. The van der Waals surface area contributed by atoms with Crippen molar-refractivity contribution in [3.63, 3.8) is 0 Å². The molecule has 1 aliphatic rings. The summed E-state index contributed by atoms with van der Waals surface area (Å²) in [4.78, 5) is 26.9. The number of hydrogen-bond acceptors (Lipinski definition) is 5. The lowest BCUT2D eigenvalue weighted by atomic mass is 10.1. The maximum Gasteiger partial charge on any atom is 0.413 e. The number of nitrogens with one attached hydrogen (secondary N) is 1. The number of anilines is 1. The predicted molar refractivity (Wildman–Crippen MR) is 89.5 cm³/mol. The Morgan fingerprint density at radius 1 is 1.35 bits per heavy atom. The van der Waals surface area contributed by atoms with Gasteiger partial charge in [-0.2, -0.15) is 4.98 Å². The summed E-state index contributed by atoms with van der Waals surface area (Å²) in [5, 5.41) is 11.6. The number of halogens is 1. The van der Waals surface area contributed by atoms with Gasteiger partial charge in [-0.3, -0.25) is 10.1 Å². The lowest BCUT2D eigenvalue weighted by Crippen LogP contribution is -2.27. The van der Waals surface area contributed by atoms with Gasteiger partial charge < -0.3 is 14.6 Å². The first-order valence-corrected chi connectivity index (χ1v) is 6.98. The molecule has 1 aliphatic carbocycles. The lowest BCUT2D eigenvalue weighted by molar-refractivity contribution is -0.138. The molecule has 23 heavy (non-hydrogen) atoms. The van der Waals surface area contributed by atoms with Crippen LogP contribution in [-0.2, 0) is 9.53 Å². The Kier molecular flexibility index (Phi) is 5.98. The normalized spacial score (nSPS) is 19.3. The van der Waals surface area contributed by atoms with Crippen molar-refractivity contribution < 1.29 is 24.2 Å². The van der Waals surface area contributed by atoms with Crippen LogP contribution in [0.1, 0.15) is 38.7 Å². The van der Waals surface area contributed by atoms with E-state index in [1.165, 1.54) is 7.11 Å². The molecule has 0 spiro atoms. The Bertz CT molecular complexity index is 600. The van der Waals surface area contributed by atoms with Crippen LogP contribution in [0.4, 0.5) is 10.6 Å². The Morgan fingerprint density at radius 3 is 2.48 bits per heavy atom. The van der Waals surface area contributed by atoms with Crippen molar-refractivity contribution in [2.45, 2.75) is 38.7 Å². The van der Waals surface area contributed by atoms with Crippen molar-refractivity contribution in [1.29, 1.82) is 0 Å². The standard InChI is InChI=1S/C15H20N2O5.BrH/c1-15(2,3)22-14(20)17-11-5-8(6-12(16-11)21-4)9-7-10(9)13(18)19;/h5-6,9-10H,7H2,1-4H3,(H,18,19)(H,16,17,20);1H/t9-,10+;/m1./s1. The second-order valence-electron chi connectivity index (χ2n) is 6.24. The number of aliphatic carboxylic acids is 1. The molecule has 2 N–H and O–H groups in total. The minimum atomic E-state index is -0.817. The van der Waals surface area contributed by atoms with E-state index < -0.39 is 17.7 Å². The molecule has 0 radical (unpaired) electrons. The summed E-state index contributed by atoms with van der Waals surface area (Å²) in [7, 11) is 1.46. The molecule has 2 rings (SSSR count). The molecule has 1 aromatic heterocycles. The number of pyridine rings is 1. The van der Waals surface area contributed by atoms with Gasteiger partial charge >= 0.3 is 12.1 Å². The summed E-state index contributed by atoms with van der Waals surface area (Å²) in [6.07, 6.45) is -0.0428. The van der Waals surface area contributed by atoms with Crippen LogP contribution in [0.25, 0.3) is 0 Å². The third kappa shape index (κ3) is 5.38. The van der Waals surface area contributed by atoms with Crippen molar-refractivity contribution in [1.82, 2.24) is 4.98 Å². The van der Waals surface area contributed by atoms with E-state index in [1.807, 2.05) is 0 Å². The third-order valence-corrected chi connectivity index (χ3v) is 3.20. The molecule has 0 saturated heterocycles. The van der Waals surface area contributed by atoms with Crippen LogP contribution < -0.4 is 10.1 Å². The van der Waals surface area contributed by atoms with Crippen LogP contribution in [0.15, 0.2) is 12.1 Å². The fraction of sp³-hybridized carbons (Fsp3) is 0.533. The average molecular weight is 389 g/mol. The quantitative estimate of drug-likeness (QED) is 0.821. The molecule has 0 bridgehead atoms. The fourth-order valence-electron chi connectivity index (χ4n) is 2.15. The van der Waals surface area contributed by atoms with Gasteiger partial charge in [-0.05, 0) is 44.7 Å². The number of carboxylic acids is 1. The molecule has 128 valence electrons. The SMILES string of the molecule is Br.COc1cc([C@H]2C[C@@H]2C(=O)O)cc(NC(=O)OC(C)(C)C)n1. The van der Waals surface area contributed by atoms with Gasteiger partial charge in [-0.1, -0.05) is 0 Å². The number of hydrogen-bond donors (Lipinski definition) is 2. The highest BCUT2D eigenvalue weighted by Gasteiger charge is 2.44. The van der Waals surface area contributed by atoms with Crippen molar-refractivity contribution in [3.05, 3.63) is 17.7 Å². The van der Waals surface area contributed by atoms with Gasteiger partial charge in [-0.15, -0.1) is 17.0 Å². The third-order valence-electron chi connectivity index (χ3n) is 3.20. The summed E-state index contributed by atoms with van der Waals surface area (Å²) >= 11 is 0. The highest BCUT2D eigenvalue weighted by Crippen LogP contribution is 2.48. The number of carbonyl (C=O) groups is 2. The number of aromatic nitrogens is 1. The summed E-state index contributed by atoms with van der Waals surface area (Å²) in [6, 6.07) is 3.34. The van der Waals surface area contributed by atoms with E-state index in [0.717, 1.165) is 5.56 Å². The van der Waals surface area contributed by atoms with Crippen LogP contribution >= 0.6 is 17.0 Å². The molecule has 0 aliphatic heterocycles. The zero-order chi connectivity index (χ0) is 16.5. The zero-order valence-electron chi connectivity index (χ0n) is 13.5. The smallest absolute Gasteiger partial charge is 0.413 e. The van der Waals surface area contributed by atoms with Crippen molar-refractivity contribution in [3.8, 4) is 5.88 Å². The number of rotatable bonds is 4. The molecule has 1 amide bonds. The van der Waals surface area contributed by atoms with Gasteiger partial charge in [0.2, 0.25) is 5.88 Å². The Hall–Kier alpha value is -1.83.